The fourth-order valence-corrected chi connectivity index (χ4v) is 4.77. The number of carbonyl (C=O) groups is 1. The summed E-state index contributed by atoms with van der Waals surface area (Å²) in [5, 5.41) is 12.9. The van der Waals surface area contributed by atoms with Crippen LogP contribution in [0.15, 0.2) is 34.0 Å². The molecule has 32 heavy (non-hydrogen) atoms. The van der Waals surface area contributed by atoms with Crippen LogP contribution in [0.3, 0.4) is 0 Å². The van der Waals surface area contributed by atoms with E-state index in [9.17, 15) is 14.9 Å². The number of aryl methyl sites for hydroxylation is 1. The summed E-state index contributed by atoms with van der Waals surface area (Å²) >= 11 is 6.67. The summed E-state index contributed by atoms with van der Waals surface area (Å²) in [5.74, 6) is 0.426. The van der Waals surface area contributed by atoms with Gasteiger partial charge in [-0.2, -0.15) is 5.26 Å². The number of nitrogens with zero attached hydrogens (tertiary/aromatic N) is 3. The molecule has 166 valence electrons. The molecule has 2 heterocycles. The Kier molecular flexibility index (Phi) is 7.54. The number of nitrogens with one attached hydrogen (secondary N) is 1. The molecule has 0 spiro atoms. The Morgan fingerprint density at radius 1 is 1.22 bits per heavy atom. The standard InChI is InChI=1S/C24H26N4O2S2/c1-5-6-11-28-23(30)20(32-24(28)31)12-18-16(3)19(13-25)22(29)27(4)21(18)26-14-17-9-7-15(2)8-10-17/h7-10,12,26H,5-6,11,14H2,1-4H3/b20-12-. The second-order valence-corrected chi connectivity index (χ2v) is 9.44. The Hall–Kier alpha value is -2.89. The average Bonchev–Trinajstić information content (AvgIpc) is 3.04. The molecule has 0 radical (unpaired) electrons. The quantitative estimate of drug-likeness (QED) is 0.479. The van der Waals surface area contributed by atoms with Crippen LogP contribution < -0.4 is 10.9 Å². The number of aromatic nitrogens is 1. The molecular formula is C24H26N4O2S2. The van der Waals surface area contributed by atoms with Crippen molar-refractivity contribution in [2.75, 3.05) is 11.9 Å². The molecule has 1 saturated heterocycles. The van der Waals surface area contributed by atoms with Gasteiger partial charge in [-0.3, -0.25) is 19.1 Å². The van der Waals surface area contributed by atoms with Gasteiger partial charge >= 0.3 is 0 Å². The Balaban J connectivity index is 2.05. The van der Waals surface area contributed by atoms with Crippen LogP contribution in [0.25, 0.3) is 6.08 Å². The minimum absolute atomic E-state index is 0.0705. The smallest absolute Gasteiger partial charge is 0.270 e. The number of thiocarbonyl (C=S) groups is 1. The monoisotopic (exact) mass is 466 g/mol. The van der Waals surface area contributed by atoms with E-state index in [2.05, 4.69) is 12.2 Å². The number of nitriles is 1. The second-order valence-electron chi connectivity index (χ2n) is 7.76. The van der Waals surface area contributed by atoms with Crippen LogP contribution in [0.4, 0.5) is 5.82 Å². The maximum absolute atomic E-state index is 13.0. The fourth-order valence-electron chi connectivity index (χ4n) is 3.48. The number of benzene rings is 1. The van der Waals surface area contributed by atoms with E-state index < -0.39 is 0 Å². The molecule has 0 saturated carbocycles. The van der Waals surface area contributed by atoms with Crippen molar-refractivity contribution in [3.63, 3.8) is 0 Å². The number of carbonyl (C=O) groups excluding carboxylic acids is 1. The summed E-state index contributed by atoms with van der Waals surface area (Å²) in [6, 6.07) is 10.1. The average molecular weight is 467 g/mol. The van der Waals surface area contributed by atoms with Gasteiger partial charge < -0.3 is 5.32 Å². The molecule has 1 N–H and O–H groups in total. The van der Waals surface area contributed by atoms with Crippen LogP contribution in [0, 0.1) is 25.2 Å². The highest BCUT2D eigenvalue weighted by Crippen LogP contribution is 2.35. The van der Waals surface area contributed by atoms with Gasteiger partial charge in [-0.15, -0.1) is 0 Å². The predicted molar refractivity (Wildman–Crippen MR) is 134 cm³/mol. The predicted octanol–water partition coefficient (Wildman–Crippen LogP) is 4.49. The first-order valence-corrected chi connectivity index (χ1v) is 11.7. The second kappa shape index (κ2) is 10.2. The van der Waals surface area contributed by atoms with Crippen LogP contribution in [-0.2, 0) is 18.4 Å². The Morgan fingerprint density at radius 3 is 2.53 bits per heavy atom. The highest BCUT2D eigenvalue weighted by Gasteiger charge is 2.32. The summed E-state index contributed by atoms with van der Waals surface area (Å²) in [4.78, 5) is 27.8. The molecule has 6 nitrogen and oxygen atoms in total. The van der Waals surface area contributed by atoms with Crippen molar-refractivity contribution in [3.05, 3.63) is 67.3 Å². The molecule has 0 bridgehead atoms. The lowest BCUT2D eigenvalue weighted by Crippen LogP contribution is -2.29. The first kappa shape index (κ1) is 23.8. The van der Waals surface area contributed by atoms with Gasteiger partial charge in [0.2, 0.25) is 0 Å². The van der Waals surface area contributed by atoms with Gasteiger partial charge in [0.1, 0.15) is 21.8 Å². The summed E-state index contributed by atoms with van der Waals surface area (Å²) < 4.78 is 1.97. The number of hydrogen-bond acceptors (Lipinski definition) is 6. The van der Waals surface area contributed by atoms with Crippen molar-refractivity contribution in [3.8, 4) is 6.07 Å². The van der Waals surface area contributed by atoms with Crippen molar-refractivity contribution < 1.29 is 4.79 Å². The number of rotatable bonds is 7. The van der Waals surface area contributed by atoms with Gasteiger partial charge in [-0.05, 0) is 37.5 Å². The third-order valence-corrected chi connectivity index (χ3v) is 6.84. The van der Waals surface area contributed by atoms with Gasteiger partial charge in [0.15, 0.2) is 0 Å². The molecule has 0 atom stereocenters. The van der Waals surface area contributed by atoms with E-state index in [1.807, 2.05) is 37.3 Å². The molecule has 0 unspecified atom stereocenters. The third kappa shape index (κ3) is 4.79. The van der Waals surface area contributed by atoms with Gasteiger partial charge in [0.25, 0.3) is 11.5 Å². The van der Waals surface area contributed by atoms with Crippen molar-refractivity contribution in [1.82, 2.24) is 9.47 Å². The molecule has 1 aromatic heterocycles. The molecule has 2 aromatic rings. The van der Waals surface area contributed by atoms with E-state index in [0.29, 0.717) is 39.3 Å². The van der Waals surface area contributed by atoms with Crippen LogP contribution in [0.2, 0.25) is 0 Å². The van der Waals surface area contributed by atoms with Crippen molar-refractivity contribution in [2.45, 2.75) is 40.2 Å². The number of thioether (sulfide) groups is 1. The zero-order valence-electron chi connectivity index (χ0n) is 18.7. The zero-order chi connectivity index (χ0) is 23.4. The summed E-state index contributed by atoms with van der Waals surface area (Å²) in [5.41, 5.74) is 3.11. The lowest BCUT2D eigenvalue weighted by molar-refractivity contribution is -0.122. The minimum atomic E-state index is -0.371. The molecule has 1 aliphatic heterocycles. The van der Waals surface area contributed by atoms with Gasteiger partial charge in [0.05, 0.1) is 4.91 Å². The molecule has 1 aliphatic rings. The zero-order valence-corrected chi connectivity index (χ0v) is 20.3. The number of pyridine rings is 1. The van der Waals surface area contributed by atoms with Crippen LogP contribution in [0.1, 0.15) is 47.6 Å². The Labute approximate surface area is 197 Å². The largest absolute Gasteiger partial charge is 0.367 e. The fraction of sp³-hybridized carbons (Fsp3) is 0.333. The number of anilines is 1. The van der Waals surface area contributed by atoms with E-state index in [-0.39, 0.29) is 17.0 Å². The van der Waals surface area contributed by atoms with Gasteiger partial charge in [0, 0.05) is 25.7 Å². The van der Waals surface area contributed by atoms with Crippen LogP contribution in [0.5, 0.6) is 0 Å². The molecule has 8 heteroatoms. The summed E-state index contributed by atoms with van der Waals surface area (Å²) in [6.45, 7) is 6.92. The molecule has 3 rings (SSSR count). The van der Waals surface area contributed by atoms with Crippen molar-refractivity contribution in [2.24, 2.45) is 7.05 Å². The maximum atomic E-state index is 13.0. The molecule has 1 fully saturated rings. The SMILES string of the molecule is CCCCN1C(=O)/C(=C/c2c(C)c(C#N)c(=O)n(C)c2NCc2ccc(C)cc2)SC1=S. The van der Waals surface area contributed by atoms with Gasteiger partial charge in [-0.25, -0.2) is 0 Å². The molecular weight excluding hydrogens is 440 g/mol. The molecule has 1 amide bonds. The highest BCUT2D eigenvalue weighted by molar-refractivity contribution is 8.26. The van der Waals surface area contributed by atoms with Crippen molar-refractivity contribution in [1.29, 1.82) is 5.26 Å². The lowest BCUT2D eigenvalue weighted by atomic mass is 10.0. The first-order valence-electron chi connectivity index (χ1n) is 10.5. The summed E-state index contributed by atoms with van der Waals surface area (Å²) in [6.07, 6.45) is 3.59. The van der Waals surface area contributed by atoms with E-state index >= 15 is 0 Å². The molecule has 1 aromatic carbocycles. The Bertz CT molecular complexity index is 1190. The lowest BCUT2D eigenvalue weighted by Gasteiger charge is -2.18. The van der Waals surface area contributed by atoms with E-state index in [1.165, 1.54) is 21.9 Å². The van der Waals surface area contributed by atoms with E-state index in [4.69, 9.17) is 12.2 Å². The van der Waals surface area contributed by atoms with Gasteiger partial charge in [-0.1, -0.05) is 67.2 Å². The molecule has 0 aliphatic carbocycles. The summed E-state index contributed by atoms with van der Waals surface area (Å²) in [7, 11) is 1.63. The van der Waals surface area contributed by atoms with Crippen LogP contribution >= 0.6 is 24.0 Å². The first-order chi connectivity index (χ1) is 15.3. The Morgan fingerprint density at radius 2 is 1.91 bits per heavy atom. The third-order valence-electron chi connectivity index (χ3n) is 5.46. The number of hydrogen-bond donors (Lipinski definition) is 1. The topological polar surface area (TPSA) is 78.1 Å². The normalized spacial score (nSPS) is 14.8. The van der Waals surface area contributed by atoms with Crippen molar-refractivity contribution >= 4 is 46.1 Å². The number of amides is 1. The number of unbranched alkanes of at least 4 members (excludes halogenated alkanes) is 1. The van der Waals surface area contributed by atoms with E-state index in [0.717, 1.165) is 18.4 Å². The van der Waals surface area contributed by atoms with Crippen LogP contribution in [-0.4, -0.2) is 26.2 Å². The highest BCUT2D eigenvalue weighted by atomic mass is 32.2. The maximum Gasteiger partial charge on any atom is 0.270 e. The van der Waals surface area contributed by atoms with E-state index in [1.54, 1.807) is 24.9 Å². The minimum Gasteiger partial charge on any atom is -0.367 e.